The lowest BCUT2D eigenvalue weighted by atomic mass is 10.1. The first-order valence-corrected chi connectivity index (χ1v) is 9.54. The number of urea groups is 1. The molecule has 3 N–H and O–H groups in total. The van der Waals surface area contributed by atoms with Crippen molar-refractivity contribution in [3.05, 3.63) is 42.2 Å². The minimum atomic E-state index is -4.84. The Labute approximate surface area is 174 Å². The lowest BCUT2D eigenvalue weighted by Gasteiger charge is -2.35. The van der Waals surface area contributed by atoms with Crippen LogP contribution in [0, 0.1) is 0 Å². The number of nitrogens with zero attached hydrogens (tertiary/aromatic N) is 4. The van der Waals surface area contributed by atoms with Crippen LogP contribution in [-0.2, 0) is 0 Å². The summed E-state index contributed by atoms with van der Waals surface area (Å²) in [5.41, 5.74) is 0.489. The van der Waals surface area contributed by atoms with Gasteiger partial charge in [0, 0.05) is 19.3 Å². The summed E-state index contributed by atoms with van der Waals surface area (Å²) in [7, 11) is 0. The number of aliphatic hydroxyl groups is 1. The van der Waals surface area contributed by atoms with E-state index in [9.17, 15) is 22.8 Å². The van der Waals surface area contributed by atoms with Gasteiger partial charge in [0.2, 0.25) is 0 Å². The highest BCUT2D eigenvalue weighted by Gasteiger charge is 2.41. The molecular formula is C19H19F3N6O3. The summed E-state index contributed by atoms with van der Waals surface area (Å²) >= 11 is 0. The van der Waals surface area contributed by atoms with E-state index in [1.54, 1.807) is 24.3 Å². The van der Waals surface area contributed by atoms with Crippen molar-refractivity contribution in [2.45, 2.75) is 24.7 Å². The van der Waals surface area contributed by atoms with Gasteiger partial charge in [0.15, 0.2) is 11.9 Å². The number of pyridine rings is 2. The summed E-state index contributed by atoms with van der Waals surface area (Å²) in [6.45, 7) is 0.309. The van der Waals surface area contributed by atoms with Crippen molar-refractivity contribution in [1.82, 2.24) is 15.3 Å². The smallest absolute Gasteiger partial charge is 0.382 e. The van der Waals surface area contributed by atoms with Gasteiger partial charge >= 0.3 is 12.2 Å². The van der Waals surface area contributed by atoms with Crippen LogP contribution in [0.2, 0.25) is 0 Å². The van der Waals surface area contributed by atoms with Crippen LogP contribution < -0.4 is 20.4 Å². The molecule has 2 aliphatic rings. The van der Waals surface area contributed by atoms with Crippen LogP contribution in [0.15, 0.2) is 36.5 Å². The molecular weight excluding hydrogens is 417 g/mol. The molecule has 0 saturated carbocycles. The van der Waals surface area contributed by atoms with Gasteiger partial charge in [-0.05, 0) is 30.7 Å². The van der Waals surface area contributed by atoms with Crippen LogP contribution in [0.3, 0.4) is 0 Å². The number of amides is 3. The molecule has 12 heteroatoms. The van der Waals surface area contributed by atoms with Crippen molar-refractivity contribution >= 4 is 29.3 Å². The zero-order valence-electron chi connectivity index (χ0n) is 16.1. The number of halogens is 3. The number of carbonyl (C=O) groups excluding carboxylic acids is 2. The fourth-order valence-electron chi connectivity index (χ4n) is 3.60. The van der Waals surface area contributed by atoms with Gasteiger partial charge in [-0.1, -0.05) is 6.07 Å². The number of anilines is 3. The van der Waals surface area contributed by atoms with Crippen LogP contribution in [0.5, 0.6) is 0 Å². The molecule has 2 aliphatic heterocycles. The van der Waals surface area contributed by atoms with Crippen LogP contribution in [0.1, 0.15) is 16.9 Å². The summed E-state index contributed by atoms with van der Waals surface area (Å²) in [4.78, 5) is 37.1. The lowest BCUT2D eigenvalue weighted by molar-refractivity contribution is -0.201. The van der Waals surface area contributed by atoms with E-state index in [0.717, 1.165) is 0 Å². The standard InChI is InChI=1S/C19H19F3N6O3/c20-19(21,22)14(29)9-24-17(30)12-4-5-13-16(25-12)28(11-6-8-27(13)10-11)18(31)26-15-3-1-2-7-23-15/h1-5,7,11,14,29H,6,8-10H2,(H,24,30)(H,23,26,31)/t11?,14-/m0/s1. The molecule has 0 radical (unpaired) electrons. The largest absolute Gasteiger partial charge is 0.416 e. The van der Waals surface area contributed by atoms with E-state index >= 15 is 0 Å². The first kappa shape index (κ1) is 20.8. The second kappa shape index (κ2) is 8.02. The van der Waals surface area contributed by atoms with Crippen molar-refractivity contribution in [3.8, 4) is 0 Å². The molecule has 2 aromatic rings. The van der Waals surface area contributed by atoms with E-state index in [-0.39, 0.29) is 17.6 Å². The van der Waals surface area contributed by atoms with Gasteiger partial charge in [-0.25, -0.2) is 14.8 Å². The van der Waals surface area contributed by atoms with Crippen molar-refractivity contribution in [2.24, 2.45) is 0 Å². The SMILES string of the molecule is O=C(NC[C@H](O)C(F)(F)F)c1ccc2c(n1)N(C(=O)Nc1ccccn1)C1CCN2C1. The molecule has 2 atom stereocenters. The van der Waals surface area contributed by atoms with Crippen LogP contribution in [-0.4, -0.2) is 65.0 Å². The summed E-state index contributed by atoms with van der Waals surface area (Å²) in [6, 6.07) is 7.41. The van der Waals surface area contributed by atoms with Crippen LogP contribution in [0.4, 0.5) is 35.3 Å². The topological polar surface area (TPSA) is 111 Å². The van der Waals surface area contributed by atoms with Gasteiger partial charge in [0.25, 0.3) is 5.91 Å². The molecule has 1 unspecified atom stereocenters. The second-order valence-electron chi connectivity index (χ2n) is 7.21. The summed E-state index contributed by atoms with van der Waals surface area (Å²) in [5, 5.41) is 13.8. The predicted octanol–water partition coefficient (Wildman–Crippen LogP) is 1.76. The van der Waals surface area contributed by atoms with E-state index in [1.807, 2.05) is 10.2 Å². The number of fused-ring (bicyclic) bond motifs is 4. The first-order valence-electron chi connectivity index (χ1n) is 9.54. The number of rotatable bonds is 4. The highest BCUT2D eigenvalue weighted by Crippen LogP contribution is 2.39. The van der Waals surface area contributed by atoms with Crippen LogP contribution in [0.25, 0.3) is 0 Å². The third-order valence-corrected chi connectivity index (χ3v) is 5.14. The molecule has 3 amide bonds. The third-order valence-electron chi connectivity index (χ3n) is 5.14. The zero-order valence-corrected chi connectivity index (χ0v) is 16.1. The fraction of sp³-hybridized carbons (Fsp3) is 0.368. The van der Waals surface area contributed by atoms with Gasteiger partial charge in [-0.15, -0.1) is 0 Å². The molecule has 2 bridgehead atoms. The Hall–Kier alpha value is -3.41. The second-order valence-corrected chi connectivity index (χ2v) is 7.21. The maximum Gasteiger partial charge on any atom is 0.416 e. The average Bonchev–Trinajstić information content (AvgIpc) is 3.15. The summed E-state index contributed by atoms with van der Waals surface area (Å²) in [5.74, 6) is -0.292. The van der Waals surface area contributed by atoms with Gasteiger partial charge in [0.1, 0.15) is 11.5 Å². The quantitative estimate of drug-likeness (QED) is 0.674. The average molecular weight is 436 g/mol. The maximum atomic E-state index is 13.0. The van der Waals surface area contributed by atoms with E-state index in [1.165, 1.54) is 17.2 Å². The highest BCUT2D eigenvalue weighted by atomic mass is 19.4. The minimum Gasteiger partial charge on any atom is -0.382 e. The molecule has 0 spiro atoms. The Balaban J connectivity index is 1.57. The van der Waals surface area contributed by atoms with Gasteiger partial charge in [-0.3, -0.25) is 15.0 Å². The van der Waals surface area contributed by atoms with Crippen molar-refractivity contribution < 1.29 is 27.9 Å². The number of hydrogen-bond donors (Lipinski definition) is 3. The van der Waals surface area contributed by atoms with Crippen molar-refractivity contribution in [3.63, 3.8) is 0 Å². The Morgan fingerprint density at radius 2 is 2.06 bits per heavy atom. The molecule has 9 nitrogen and oxygen atoms in total. The minimum absolute atomic E-state index is 0.161. The predicted molar refractivity (Wildman–Crippen MR) is 105 cm³/mol. The highest BCUT2D eigenvalue weighted by molar-refractivity contribution is 6.05. The number of aliphatic hydroxyl groups excluding tert-OH is 1. The Morgan fingerprint density at radius 3 is 2.77 bits per heavy atom. The van der Waals surface area contributed by atoms with Gasteiger partial charge in [-0.2, -0.15) is 13.2 Å². The number of alkyl halides is 3. The Morgan fingerprint density at radius 1 is 1.26 bits per heavy atom. The number of carbonyl (C=O) groups is 2. The van der Waals surface area contributed by atoms with E-state index < -0.39 is 30.8 Å². The molecule has 0 aliphatic carbocycles. The van der Waals surface area contributed by atoms with E-state index in [4.69, 9.17) is 5.11 Å². The van der Waals surface area contributed by atoms with Crippen molar-refractivity contribution in [1.29, 1.82) is 0 Å². The summed E-state index contributed by atoms with van der Waals surface area (Å²) < 4.78 is 37.4. The number of nitrogens with one attached hydrogen (secondary N) is 2. The molecule has 164 valence electrons. The normalized spacial score (nSPS) is 18.4. The molecule has 31 heavy (non-hydrogen) atoms. The Kier molecular flexibility index (Phi) is 5.39. The molecule has 1 fully saturated rings. The first-order chi connectivity index (χ1) is 14.7. The Bertz CT molecular complexity index is 988. The summed E-state index contributed by atoms with van der Waals surface area (Å²) in [6.07, 6.45) is -5.29. The third kappa shape index (κ3) is 4.24. The number of hydrogen-bond acceptors (Lipinski definition) is 6. The fourth-order valence-corrected chi connectivity index (χ4v) is 3.60. The van der Waals surface area contributed by atoms with E-state index in [2.05, 4.69) is 15.3 Å². The van der Waals surface area contributed by atoms with Gasteiger partial charge < -0.3 is 15.3 Å². The molecule has 2 aromatic heterocycles. The van der Waals surface area contributed by atoms with Gasteiger partial charge in [0.05, 0.1) is 18.3 Å². The van der Waals surface area contributed by atoms with Crippen LogP contribution >= 0.6 is 0 Å². The van der Waals surface area contributed by atoms with Crippen molar-refractivity contribution in [2.75, 3.05) is 34.8 Å². The molecule has 4 heterocycles. The zero-order chi connectivity index (χ0) is 22.2. The lowest BCUT2D eigenvalue weighted by Crippen LogP contribution is -2.48. The molecule has 1 saturated heterocycles. The monoisotopic (exact) mass is 436 g/mol. The molecule has 4 rings (SSSR count). The number of aromatic nitrogens is 2. The molecule has 0 aromatic carbocycles. The van der Waals surface area contributed by atoms with E-state index in [0.29, 0.717) is 31.0 Å². The maximum absolute atomic E-state index is 13.0.